The number of hydrogen-bond donors (Lipinski definition) is 1. The minimum Gasteiger partial charge on any atom is -0.396 e. The largest absolute Gasteiger partial charge is 0.471 e. The fourth-order valence-corrected chi connectivity index (χ4v) is 2.33. The van der Waals surface area contributed by atoms with Gasteiger partial charge in [0.15, 0.2) is 0 Å². The van der Waals surface area contributed by atoms with E-state index in [0.717, 1.165) is 25.7 Å². The number of benzene rings is 1. The molecule has 0 bridgehead atoms. The molecule has 2 aromatic rings. The van der Waals surface area contributed by atoms with Crippen LogP contribution in [0, 0.1) is 0 Å². The van der Waals surface area contributed by atoms with E-state index in [0.29, 0.717) is 17.7 Å². The molecule has 0 aliphatic rings. The van der Waals surface area contributed by atoms with Crippen molar-refractivity contribution in [3.8, 4) is 11.4 Å². The molecule has 0 saturated carbocycles. The maximum atomic E-state index is 12.5. The molecular weight excluding hydrogens is 389 g/mol. The fraction of sp³-hybridized carbons (Fsp3) is 0.474. The standard InChI is InChI=1S/C19H23F3N4O3/c1-3-4-5-6-11-28-23-12-13(2)24-17(27)15-9-7-14(8-10-15)16-25-18(29-26-16)19(20,21)22/h7-10,12-13H,3-6,11H2,1-2H3,(H,24,27)/b23-12+. The van der Waals surface area contributed by atoms with Crippen LogP contribution in [0.5, 0.6) is 0 Å². The predicted octanol–water partition coefficient (Wildman–Crippen LogP) is 4.46. The van der Waals surface area contributed by atoms with Crippen molar-refractivity contribution in [2.24, 2.45) is 5.16 Å². The number of oxime groups is 1. The Hall–Kier alpha value is -2.91. The van der Waals surface area contributed by atoms with Gasteiger partial charge in [-0.05, 0) is 31.9 Å². The summed E-state index contributed by atoms with van der Waals surface area (Å²) in [5, 5.41) is 9.86. The van der Waals surface area contributed by atoms with Gasteiger partial charge in [-0.2, -0.15) is 18.2 Å². The zero-order valence-electron chi connectivity index (χ0n) is 16.2. The smallest absolute Gasteiger partial charge is 0.396 e. The third-order valence-electron chi connectivity index (χ3n) is 3.88. The summed E-state index contributed by atoms with van der Waals surface area (Å²) in [6.45, 7) is 4.41. The molecule has 0 radical (unpaired) electrons. The molecule has 10 heteroatoms. The lowest BCUT2D eigenvalue weighted by molar-refractivity contribution is -0.159. The minimum atomic E-state index is -4.71. The minimum absolute atomic E-state index is 0.208. The van der Waals surface area contributed by atoms with Crippen LogP contribution in [0.2, 0.25) is 0 Å². The number of carbonyl (C=O) groups is 1. The lowest BCUT2D eigenvalue weighted by atomic mass is 10.1. The Kier molecular flexibility index (Phi) is 8.17. The van der Waals surface area contributed by atoms with Crippen molar-refractivity contribution < 1.29 is 27.3 Å². The summed E-state index contributed by atoms with van der Waals surface area (Å²) in [4.78, 5) is 20.7. The SMILES string of the molecule is CCCCCCO/N=C/C(C)NC(=O)c1ccc(-c2noc(C(F)(F)F)n2)cc1. The van der Waals surface area contributed by atoms with Crippen molar-refractivity contribution in [2.45, 2.75) is 51.7 Å². The second-order valence-electron chi connectivity index (χ2n) is 6.41. The van der Waals surface area contributed by atoms with Gasteiger partial charge in [-0.3, -0.25) is 4.79 Å². The number of alkyl halides is 3. The molecule has 29 heavy (non-hydrogen) atoms. The molecule has 1 N–H and O–H groups in total. The number of hydrogen-bond acceptors (Lipinski definition) is 6. The lowest BCUT2D eigenvalue weighted by Crippen LogP contribution is -2.33. The Bertz CT molecular complexity index is 804. The molecule has 1 aromatic carbocycles. The molecule has 2 rings (SSSR count). The summed E-state index contributed by atoms with van der Waals surface area (Å²) in [6, 6.07) is 5.45. The Labute approximate surface area is 166 Å². The van der Waals surface area contributed by atoms with Crippen LogP contribution in [0.15, 0.2) is 33.9 Å². The number of aromatic nitrogens is 2. The summed E-state index contributed by atoms with van der Waals surface area (Å²) in [6.07, 6.45) is 1.12. The van der Waals surface area contributed by atoms with Gasteiger partial charge in [0.2, 0.25) is 5.82 Å². The summed E-state index contributed by atoms with van der Waals surface area (Å²) < 4.78 is 41.8. The number of nitrogens with one attached hydrogen (secondary N) is 1. The average Bonchev–Trinajstić information content (AvgIpc) is 3.18. The van der Waals surface area contributed by atoms with Crippen LogP contribution in [0.1, 0.15) is 55.8 Å². The van der Waals surface area contributed by atoms with Gasteiger partial charge in [0.05, 0.1) is 12.3 Å². The van der Waals surface area contributed by atoms with E-state index in [1.165, 1.54) is 30.5 Å². The van der Waals surface area contributed by atoms with Crippen LogP contribution >= 0.6 is 0 Å². The number of rotatable bonds is 10. The van der Waals surface area contributed by atoms with E-state index >= 15 is 0 Å². The third kappa shape index (κ3) is 7.20. The molecule has 0 spiro atoms. The van der Waals surface area contributed by atoms with Crippen molar-refractivity contribution in [3.63, 3.8) is 0 Å². The normalized spacial score (nSPS) is 12.9. The highest BCUT2D eigenvalue weighted by Gasteiger charge is 2.38. The number of carbonyl (C=O) groups excluding carboxylic acids is 1. The first-order valence-electron chi connectivity index (χ1n) is 9.29. The van der Waals surface area contributed by atoms with Crippen LogP contribution < -0.4 is 5.32 Å². The summed E-state index contributed by atoms with van der Waals surface area (Å²) in [5.41, 5.74) is 0.626. The van der Waals surface area contributed by atoms with Gasteiger partial charge in [0.1, 0.15) is 6.61 Å². The zero-order valence-corrected chi connectivity index (χ0v) is 16.2. The average molecular weight is 412 g/mol. The van der Waals surface area contributed by atoms with Crippen LogP contribution in [-0.2, 0) is 11.0 Å². The van der Waals surface area contributed by atoms with Crippen molar-refractivity contribution in [1.29, 1.82) is 0 Å². The van der Waals surface area contributed by atoms with Crippen molar-refractivity contribution in [3.05, 3.63) is 35.7 Å². The molecule has 1 aromatic heterocycles. The molecule has 0 saturated heterocycles. The molecular formula is C19H23F3N4O3. The van der Waals surface area contributed by atoms with E-state index in [1.54, 1.807) is 6.92 Å². The second kappa shape index (κ2) is 10.6. The van der Waals surface area contributed by atoms with E-state index in [2.05, 4.69) is 32.1 Å². The molecule has 0 aliphatic carbocycles. The Morgan fingerprint density at radius 2 is 2.00 bits per heavy atom. The molecule has 1 heterocycles. The second-order valence-corrected chi connectivity index (χ2v) is 6.41. The van der Waals surface area contributed by atoms with Crippen LogP contribution in [0.25, 0.3) is 11.4 Å². The highest BCUT2D eigenvalue weighted by atomic mass is 19.4. The molecule has 0 fully saturated rings. The highest BCUT2D eigenvalue weighted by Crippen LogP contribution is 2.29. The quantitative estimate of drug-likeness (QED) is 0.354. The van der Waals surface area contributed by atoms with E-state index in [1.807, 2.05) is 0 Å². The maximum absolute atomic E-state index is 12.5. The molecule has 0 aliphatic heterocycles. The van der Waals surface area contributed by atoms with E-state index < -0.39 is 12.1 Å². The molecule has 7 nitrogen and oxygen atoms in total. The molecule has 1 atom stereocenters. The summed E-state index contributed by atoms with van der Waals surface area (Å²) in [5.74, 6) is -1.99. The van der Waals surface area contributed by atoms with Crippen LogP contribution in [0.4, 0.5) is 13.2 Å². The first kappa shape index (κ1) is 22.4. The van der Waals surface area contributed by atoms with E-state index in [-0.39, 0.29) is 17.8 Å². The van der Waals surface area contributed by atoms with Gasteiger partial charge >= 0.3 is 12.1 Å². The van der Waals surface area contributed by atoms with Gasteiger partial charge in [-0.1, -0.05) is 42.2 Å². The van der Waals surface area contributed by atoms with Gasteiger partial charge in [0, 0.05) is 11.1 Å². The van der Waals surface area contributed by atoms with Crippen LogP contribution in [-0.4, -0.2) is 34.9 Å². The number of halogens is 3. The predicted molar refractivity (Wildman–Crippen MR) is 100 cm³/mol. The topological polar surface area (TPSA) is 89.6 Å². The Balaban J connectivity index is 1.84. The molecule has 158 valence electrons. The summed E-state index contributed by atoms with van der Waals surface area (Å²) in [7, 11) is 0. The van der Waals surface area contributed by atoms with E-state index in [4.69, 9.17) is 4.84 Å². The van der Waals surface area contributed by atoms with Crippen molar-refractivity contribution in [1.82, 2.24) is 15.5 Å². The van der Waals surface area contributed by atoms with Crippen molar-refractivity contribution >= 4 is 12.1 Å². The van der Waals surface area contributed by atoms with Crippen LogP contribution in [0.3, 0.4) is 0 Å². The van der Waals surface area contributed by atoms with Gasteiger partial charge in [0.25, 0.3) is 5.91 Å². The molecule has 1 unspecified atom stereocenters. The highest BCUT2D eigenvalue weighted by molar-refractivity contribution is 5.96. The Morgan fingerprint density at radius 3 is 2.62 bits per heavy atom. The third-order valence-corrected chi connectivity index (χ3v) is 3.88. The fourth-order valence-electron chi connectivity index (χ4n) is 2.33. The number of nitrogens with zero attached hydrogens (tertiary/aromatic N) is 3. The number of unbranched alkanes of at least 4 members (excludes halogenated alkanes) is 3. The van der Waals surface area contributed by atoms with E-state index in [9.17, 15) is 18.0 Å². The first-order valence-corrected chi connectivity index (χ1v) is 9.29. The Morgan fingerprint density at radius 1 is 1.28 bits per heavy atom. The van der Waals surface area contributed by atoms with Gasteiger partial charge in [-0.25, -0.2) is 0 Å². The maximum Gasteiger partial charge on any atom is 0.471 e. The number of amides is 1. The summed E-state index contributed by atoms with van der Waals surface area (Å²) >= 11 is 0. The first-order chi connectivity index (χ1) is 13.8. The zero-order chi connectivity index (χ0) is 21.3. The van der Waals surface area contributed by atoms with Gasteiger partial charge in [-0.15, -0.1) is 0 Å². The monoisotopic (exact) mass is 412 g/mol. The van der Waals surface area contributed by atoms with Crippen molar-refractivity contribution in [2.75, 3.05) is 6.61 Å². The van der Waals surface area contributed by atoms with Gasteiger partial charge < -0.3 is 14.7 Å². The molecule has 1 amide bonds. The lowest BCUT2D eigenvalue weighted by Gasteiger charge is -2.09.